The maximum absolute atomic E-state index is 4.54. The van der Waals surface area contributed by atoms with Crippen LogP contribution in [0.3, 0.4) is 0 Å². The third kappa shape index (κ3) is 4.64. The quantitative estimate of drug-likeness (QED) is 0.580. The topological polar surface area (TPSA) is 12.4 Å². The van der Waals surface area contributed by atoms with Gasteiger partial charge in [0.1, 0.15) is 0 Å². The molecule has 0 fully saturated rings. The van der Waals surface area contributed by atoms with E-state index in [-0.39, 0.29) is 0 Å². The van der Waals surface area contributed by atoms with Crippen molar-refractivity contribution < 1.29 is 0 Å². The monoisotopic (exact) mass is 147 g/mol. The molecule has 2 unspecified atom stereocenters. The van der Waals surface area contributed by atoms with Gasteiger partial charge < -0.3 is 0 Å². The molecule has 2 atom stereocenters. The van der Waals surface area contributed by atoms with Gasteiger partial charge in [0, 0.05) is 5.75 Å². The normalized spacial score (nSPS) is 17.8. The van der Waals surface area contributed by atoms with Crippen LogP contribution in [0.15, 0.2) is 4.36 Å². The number of hydrogen-bond acceptors (Lipinski definition) is 1. The van der Waals surface area contributed by atoms with Crippen LogP contribution in [-0.4, -0.2) is 18.1 Å². The van der Waals surface area contributed by atoms with Crippen molar-refractivity contribution in [2.75, 3.05) is 12.0 Å². The lowest BCUT2D eigenvalue weighted by Crippen LogP contribution is -1.98. The first-order valence-electron chi connectivity index (χ1n) is 3.54. The summed E-state index contributed by atoms with van der Waals surface area (Å²) in [6.45, 7) is 6.55. The molecule has 9 heavy (non-hydrogen) atoms. The fourth-order valence-electron chi connectivity index (χ4n) is 0.456. The van der Waals surface area contributed by atoms with Crippen LogP contribution in [0.1, 0.15) is 27.2 Å². The minimum absolute atomic E-state index is 0.318. The Morgan fingerprint density at radius 1 is 1.44 bits per heavy atom. The molecule has 0 saturated heterocycles. The number of rotatable bonds is 3. The van der Waals surface area contributed by atoms with Crippen LogP contribution in [0.25, 0.3) is 0 Å². The summed E-state index contributed by atoms with van der Waals surface area (Å²) in [5.41, 5.74) is 0. The molecule has 0 aromatic heterocycles. The van der Waals surface area contributed by atoms with Crippen molar-refractivity contribution in [3.63, 3.8) is 0 Å². The fraction of sp³-hybridized carbons (Fsp3) is 1.00. The van der Waals surface area contributed by atoms with E-state index in [1.165, 1.54) is 12.2 Å². The van der Waals surface area contributed by atoms with Crippen LogP contribution in [0, 0.1) is 0 Å². The molecule has 0 aliphatic heterocycles. The van der Waals surface area contributed by atoms with Crippen LogP contribution >= 0.6 is 0 Å². The molecule has 0 radical (unpaired) electrons. The van der Waals surface area contributed by atoms with E-state index < -0.39 is 0 Å². The van der Waals surface area contributed by atoms with E-state index in [2.05, 4.69) is 31.4 Å². The molecule has 0 rings (SSSR count). The van der Waals surface area contributed by atoms with Gasteiger partial charge in [-0.3, -0.25) is 4.36 Å². The van der Waals surface area contributed by atoms with Gasteiger partial charge in [-0.1, -0.05) is 13.8 Å². The van der Waals surface area contributed by atoms with Crippen molar-refractivity contribution in [2.24, 2.45) is 4.36 Å². The van der Waals surface area contributed by atoms with Crippen LogP contribution in [-0.2, 0) is 10.7 Å². The lowest BCUT2D eigenvalue weighted by atomic mass is 10.3. The third-order valence-corrected chi connectivity index (χ3v) is 2.92. The Balaban J connectivity index is 3.64. The standard InChI is InChI=1S/C7H17NS/c1-5-7(3)8-9(4)6-2/h7H,5-6H2,1-4H3. The first-order chi connectivity index (χ1) is 4.20. The largest absolute Gasteiger partial charge is 0.262 e. The van der Waals surface area contributed by atoms with Crippen molar-refractivity contribution in [3.8, 4) is 0 Å². The Morgan fingerprint density at radius 2 is 2.00 bits per heavy atom. The zero-order valence-electron chi connectivity index (χ0n) is 6.85. The lowest BCUT2D eigenvalue weighted by Gasteiger charge is -2.02. The van der Waals surface area contributed by atoms with Crippen LogP contribution in [0.2, 0.25) is 0 Å². The second-order valence-electron chi connectivity index (χ2n) is 2.25. The van der Waals surface area contributed by atoms with Crippen molar-refractivity contribution in [1.29, 1.82) is 0 Å². The van der Waals surface area contributed by atoms with E-state index in [0.29, 0.717) is 16.7 Å². The van der Waals surface area contributed by atoms with Gasteiger partial charge in [-0.05, 0) is 19.6 Å². The summed E-state index contributed by atoms with van der Waals surface area (Å²) in [6, 6.07) is 0.568. The summed E-state index contributed by atoms with van der Waals surface area (Å²) in [4.78, 5) is 0. The van der Waals surface area contributed by atoms with E-state index >= 15 is 0 Å². The van der Waals surface area contributed by atoms with Crippen LogP contribution in [0.5, 0.6) is 0 Å². The maximum Gasteiger partial charge on any atom is 0.0537 e. The number of hydrogen-bond donors (Lipinski definition) is 0. The summed E-state index contributed by atoms with van der Waals surface area (Å²) in [6.07, 6.45) is 3.38. The van der Waals surface area contributed by atoms with Crippen molar-refractivity contribution in [3.05, 3.63) is 0 Å². The minimum Gasteiger partial charge on any atom is -0.262 e. The summed E-state index contributed by atoms with van der Waals surface area (Å²) in [7, 11) is 0.318. The van der Waals surface area contributed by atoms with Gasteiger partial charge in [0.05, 0.1) is 6.04 Å². The van der Waals surface area contributed by atoms with Crippen LogP contribution in [0.4, 0.5) is 0 Å². The van der Waals surface area contributed by atoms with Crippen molar-refractivity contribution in [2.45, 2.75) is 33.2 Å². The lowest BCUT2D eigenvalue weighted by molar-refractivity contribution is 0.726. The SMILES string of the molecule is CCC(C)/N=S(\C)CC. The van der Waals surface area contributed by atoms with Crippen molar-refractivity contribution >= 4 is 10.7 Å². The van der Waals surface area contributed by atoms with Crippen molar-refractivity contribution in [1.82, 2.24) is 0 Å². The second kappa shape index (κ2) is 4.98. The average molecular weight is 147 g/mol. The highest BCUT2D eigenvalue weighted by Gasteiger charge is 1.92. The molecule has 0 aliphatic carbocycles. The van der Waals surface area contributed by atoms with Gasteiger partial charge in [0.25, 0.3) is 0 Å². The molecule has 0 aromatic carbocycles. The Kier molecular flexibility index (Phi) is 5.06. The van der Waals surface area contributed by atoms with E-state index in [1.807, 2.05) is 0 Å². The van der Waals surface area contributed by atoms with Crippen LogP contribution < -0.4 is 0 Å². The summed E-state index contributed by atoms with van der Waals surface area (Å²) < 4.78 is 4.54. The Hall–Kier alpha value is 0.150. The predicted octanol–water partition coefficient (Wildman–Crippen LogP) is 2.24. The molecular weight excluding hydrogens is 130 g/mol. The van der Waals surface area contributed by atoms with Gasteiger partial charge >= 0.3 is 0 Å². The first kappa shape index (κ1) is 9.15. The van der Waals surface area contributed by atoms with Gasteiger partial charge in [0.2, 0.25) is 0 Å². The summed E-state index contributed by atoms with van der Waals surface area (Å²) in [5, 5.41) is 0. The van der Waals surface area contributed by atoms with E-state index in [9.17, 15) is 0 Å². The van der Waals surface area contributed by atoms with E-state index in [1.54, 1.807) is 0 Å². The highest BCUT2D eigenvalue weighted by Crippen LogP contribution is 1.97. The third-order valence-electron chi connectivity index (χ3n) is 1.37. The predicted molar refractivity (Wildman–Crippen MR) is 46.0 cm³/mol. The summed E-state index contributed by atoms with van der Waals surface area (Å²) in [5.74, 6) is 1.20. The first-order valence-corrected chi connectivity index (χ1v) is 5.30. The van der Waals surface area contributed by atoms with Gasteiger partial charge in [-0.25, -0.2) is 0 Å². The Labute approximate surface area is 61.0 Å². The van der Waals surface area contributed by atoms with E-state index in [0.717, 1.165) is 0 Å². The highest BCUT2D eigenvalue weighted by molar-refractivity contribution is 7.86. The van der Waals surface area contributed by atoms with Gasteiger partial charge in [0.15, 0.2) is 0 Å². The zero-order chi connectivity index (χ0) is 7.28. The average Bonchev–Trinajstić information content (AvgIpc) is 1.87. The molecule has 0 N–H and O–H groups in total. The molecule has 0 bridgehead atoms. The maximum atomic E-state index is 4.54. The van der Waals surface area contributed by atoms with Gasteiger partial charge in [-0.15, -0.1) is 10.7 Å². The Morgan fingerprint density at radius 3 is 2.33 bits per heavy atom. The Bertz CT molecular complexity index is 99.1. The molecule has 0 amide bonds. The minimum atomic E-state index is 0.318. The molecule has 2 heteroatoms. The molecule has 56 valence electrons. The highest BCUT2D eigenvalue weighted by atomic mass is 32.2. The van der Waals surface area contributed by atoms with E-state index in [4.69, 9.17) is 0 Å². The molecule has 0 saturated carbocycles. The van der Waals surface area contributed by atoms with Gasteiger partial charge in [-0.2, -0.15) is 0 Å². The molecule has 0 spiro atoms. The fourth-order valence-corrected chi connectivity index (χ4v) is 1.37. The second-order valence-corrected chi connectivity index (χ2v) is 4.24. The summed E-state index contributed by atoms with van der Waals surface area (Å²) >= 11 is 0. The molecule has 1 nitrogen and oxygen atoms in total. The molecular formula is C7H17NS. The molecule has 0 aromatic rings. The number of nitrogens with zero attached hydrogens (tertiary/aromatic N) is 1. The molecule has 0 aliphatic rings. The molecule has 0 heterocycles. The smallest absolute Gasteiger partial charge is 0.0537 e. The zero-order valence-corrected chi connectivity index (χ0v) is 7.66.